The molecule has 0 unspecified atom stereocenters. The van der Waals surface area contributed by atoms with Gasteiger partial charge in [0.25, 0.3) is 5.91 Å². The van der Waals surface area contributed by atoms with E-state index in [1.807, 2.05) is 13.8 Å². The highest BCUT2D eigenvalue weighted by Gasteiger charge is 2.45. The number of carbonyl (C=O) groups is 3. The summed E-state index contributed by atoms with van der Waals surface area (Å²) < 4.78 is 32.9. The lowest BCUT2D eigenvalue weighted by molar-refractivity contribution is -0.146. The van der Waals surface area contributed by atoms with Gasteiger partial charge in [-0.1, -0.05) is 42.5 Å². The van der Waals surface area contributed by atoms with Gasteiger partial charge >= 0.3 is 12.1 Å². The van der Waals surface area contributed by atoms with Gasteiger partial charge in [0.2, 0.25) is 10.0 Å². The van der Waals surface area contributed by atoms with Gasteiger partial charge in [-0.2, -0.15) is 0 Å². The second-order valence-electron chi connectivity index (χ2n) is 9.56. The average Bonchev–Trinajstić information content (AvgIpc) is 3.19. The first-order valence-electron chi connectivity index (χ1n) is 11.5. The van der Waals surface area contributed by atoms with Crippen molar-refractivity contribution in [3.8, 4) is 5.75 Å². The van der Waals surface area contributed by atoms with Crippen LogP contribution in [0.1, 0.15) is 25.0 Å². The molecular weight excluding hydrogens is 518 g/mol. The van der Waals surface area contributed by atoms with E-state index in [9.17, 15) is 27.9 Å². The standard InChI is InChI=1S/C25H31N3O7S2/c1-25(2)16-36-21(26-25)22(29)28(37(33,34)15-18-8-6-5-7-9-18)20(23(30)31)14-17-10-12-19(13-11-17)35-24(32)27(3)4/h5-13,20-21,26H,14-16H2,1-4H3,(H,30,31)/t20-,21-/m0/s1. The molecule has 1 fully saturated rings. The molecule has 0 bridgehead atoms. The highest BCUT2D eigenvalue weighted by molar-refractivity contribution is 8.01. The monoisotopic (exact) mass is 549 g/mol. The van der Waals surface area contributed by atoms with Gasteiger partial charge in [0, 0.05) is 31.8 Å². The average molecular weight is 550 g/mol. The number of benzene rings is 2. The van der Waals surface area contributed by atoms with Crippen molar-refractivity contribution in [2.24, 2.45) is 0 Å². The number of rotatable bonds is 9. The Balaban J connectivity index is 1.93. The van der Waals surface area contributed by atoms with Crippen molar-refractivity contribution in [3.05, 3.63) is 65.7 Å². The zero-order valence-corrected chi connectivity index (χ0v) is 22.7. The van der Waals surface area contributed by atoms with Gasteiger partial charge in [-0.3, -0.25) is 10.1 Å². The Morgan fingerprint density at radius 1 is 1.08 bits per heavy atom. The second-order valence-corrected chi connectivity index (χ2v) is 12.5. The summed E-state index contributed by atoms with van der Waals surface area (Å²) in [7, 11) is -1.30. The summed E-state index contributed by atoms with van der Waals surface area (Å²) in [5.41, 5.74) is 0.472. The number of ether oxygens (including phenoxy) is 1. The number of nitrogens with zero attached hydrogens (tertiary/aromatic N) is 2. The smallest absolute Gasteiger partial charge is 0.414 e. The Labute approximate surface area is 221 Å². The number of carbonyl (C=O) groups excluding carboxylic acids is 2. The van der Waals surface area contributed by atoms with Crippen molar-refractivity contribution >= 4 is 39.8 Å². The Hall–Kier alpha value is -3.09. The fraction of sp³-hybridized carbons (Fsp3) is 0.400. The third-order valence-electron chi connectivity index (χ3n) is 5.56. The number of thioether (sulfide) groups is 1. The number of carboxylic acids is 1. The highest BCUT2D eigenvalue weighted by Crippen LogP contribution is 2.30. The van der Waals surface area contributed by atoms with E-state index in [1.54, 1.807) is 30.3 Å². The predicted molar refractivity (Wildman–Crippen MR) is 141 cm³/mol. The van der Waals surface area contributed by atoms with Crippen LogP contribution in [0.2, 0.25) is 0 Å². The van der Waals surface area contributed by atoms with Crippen molar-refractivity contribution in [3.63, 3.8) is 0 Å². The largest absolute Gasteiger partial charge is 0.480 e. The molecule has 0 aromatic heterocycles. The van der Waals surface area contributed by atoms with Crippen LogP contribution < -0.4 is 10.1 Å². The molecule has 12 heteroatoms. The lowest BCUT2D eigenvalue weighted by Crippen LogP contribution is -2.55. The Morgan fingerprint density at radius 2 is 1.70 bits per heavy atom. The first kappa shape index (κ1) is 28.5. The maximum Gasteiger partial charge on any atom is 0.414 e. The Bertz CT molecular complexity index is 1230. The Morgan fingerprint density at radius 3 is 2.22 bits per heavy atom. The van der Waals surface area contributed by atoms with Gasteiger partial charge in [0.15, 0.2) is 0 Å². The first-order chi connectivity index (χ1) is 17.3. The first-order valence-corrected chi connectivity index (χ1v) is 14.1. The van der Waals surface area contributed by atoms with E-state index < -0.39 is 50.7 Å². The van der Waals surface area contributed by atoms with Crippen LogP contribution in [0.5, 0.6) is 5.75 Å². The van der Waals surface area contributed by atoms with E-state index in [-0.39, 0.29) is 12.2 Å². The molecule has 1 saturated heterocycles. The molecule has 200 valence electrons. The predicted octanol–water partition coefficient (Wildman–Crippen LogP) is 2.54. The molecule has 3 rings (SSSR count). The third kappa shape index (κ3) is 7.46. The molecule has 2 amide bonds. The van der Waals surface area contributed by atoms with E-state index in [2.05, 4.69) is 5.32 Å². The van der Waals surface area contributed by atoms with Gasteiger partial charge in [-0.25, -0.2) is 22.3 Å². The summed E-state index contributed by atoms with van der Waals surface area (Å²) in [6.45, 7) is 3.77. The van der Waals surface area contributed by atoms with Gasteiger partial charge < -0.3 is 14.7 Å². The molecule has 10 nitrogen and oxygen atoms in total. The van der Waals surface area contributed by atoms with Crippen LogP contribution in [0, 0.1) is 0 Å². The van der Waals surface area contributed by atoms with Crippen LogP contribution in [0.25, 0.3) is 0 Å². The minimum absolute atomic E-state index is 0.243. The van der Waals surface area contributed by atoms with Gasteiger partial charge in [-0.15, -0.1) is 11.8 Å². The molecule has 0 radical (unpaired) electrons. The molecule has 37 heavy (non-hydrogen) atoms. The molecule has 2 aromatic carbocycles. The molecule has 0 aliphatic carbocycles. The van der Waals surface area contributed by atoms with Gasteiger partial charge in [-0.05, 0) is 37.1 Å². The van der Waals surface area contributed by atoms with E-state index in [0.717, 1.165) is 0 Å². The maximum atomic E-state index is 13.6. The molecule has 2 atom stereocenters. The number of aliphatic carboxylic acids is 1. The number of nitrogens with one attached hydrogen (secondary N) is 1. The van der Waals surface area contributed by atoms with Crippen molar-refractivity contribution in [2.75, 3.05) is 19.8 Å². The second kappa shape index (κ2) is 11.5. The lowest BCUT2D eigenvalue weighted by atomic mass is 10.1. The number of hydrogen-bond acceptors (Lipinski definition) is 8. The minimum atomic E-state index is -4.37. The lowest BCUT2D eigenvalue weighted by Gasteiger charge is -2.31. The number of hydrogen-bond donors (Lipinski definition) is 2. The molecule has 2 N–H and O–H groups in total. The molecule has 1 aliphatic rings. The van der Waals surface area contributed by atoms with E-state index in [0.29, 0.717) is 21.2 Å². The molecule has 0 saturated carbocycles. The molecular formula is C25H31N3O7S2. The molecule has 0 spiro atoms. The quantitative estimate of drug-likeness (QED) is 0.484. The number of amides is 2. The van der Waals surface area contributed by atoms with E-state index in [1.165, 1.54) is 55.0 Å². The number of sulfonamides is 1. The Kier molecular flexibility index (Phi) is 8.88. The van der Waals surface area contributed by atoms with Crippen LogP contribution in [-0.4, -0.2) is 77.5 Å². The summed E-state index contributed by atoms with van der Waals surface area (Å²) in [5, 5.41) is 12.3. The maximum absolute atomic E-state index is 13.6. The summed E-state index contributed by atoms with van der Waals surface area (Å²) >= 11 is 1.24. The molecule has 1 aliphatic heterocycles. The SMILES string of the molecule is CN(C)C(=O)Oc1ccc(C[C@@H](C(=O)O)N(C(=O)[C@H]2NC(C)(C)CS2)S(=O)(=O)Cc2ccccc2)cc1. The van der Waals surface area contributed by atoms with Crippen LogP contribution in [-0.2, 0) is 31.8 Å². The topological polar surface area (TPSA) is 133 Å². The normalized spacial score (nSPS) is 17.6. The van der Waals surface area contributed by atoms with Crippen LogP contribution in [0.4, 0.5) is 4.79 Å². The number of carboxylic acid groups (broad SMARTS) is 1. The zero-order chi connectivity index (χ0) is 27.4. The summed E-state index contributed by atoms with van der Waals surface area (Å²) in [6, 6.07) is 12.7. The van der Waals surface area contributed by atoms with Gasteiger partial charge in [0.05, 0.1) is 5.75 Å². The third-order valence-corrected chi connectivity index (χ3v) is 8.83. The van der Waals surface area contributed by atoms with E-state index in [4.69, 9.17) is 4.74 Å². The van der Waals surface area contributed by atoms with Crippen LogP contribution in [0.3, 0.4) is 0 Å². The van der Waals surface area contributed by atoms with Crippen LogP contribution >= 0.6 is 11.8 Å². The van der Waals surface area contributed by atoms with Crippen molar-refractivity contribution in [1.82, 2.24) is 14.5 Å². The van der Waals surface area contributed by atoms with Crippen molar-refractivity contribution < 1.29 is 32.6 Å². The minimum Gasteiger partial charge on any atom is -0.480 e. The van der Waals surface area contributed by atoms with Crippen LogP contribution in [0.15, 0.2) is 54.6 Å². The van der Waals surface area contributed by atoms with Crippen molar-refractivity contribution in [1.29, 1.82) is 0 Å². The fourth-order valence-electron chi connectivity index (χ4n) is 3.70. The van der Waals surface area contributed by atoms with Crippen molar-refractivity contribution in [2.45, 2.75) is 43.0 Å². The molecule has 2 aromatic rings. The summed E-state index contributed by atoms with van der Waals surface area (Å²) in [5.74, 6) is -2.00. The highest BCUT2D eigenvalue weighted by atomic mass is 32.2. The fourth-order valence-corrected chi connectivity index (χ4v) is 6.77. The summed E-state index contributed by atoms with van der Waals surface area (Å²) in [6.07, 6.45) is -0.845. The van der Waals surface area contributed by atoms with E-state index >= 15 is 0 Å². The van der Waals surface area contributed by atoms with Gasteiger partial charge in [0.1, 0.15) is 17.2 Å². The molecule has 1 heterocycles. The summed E-state index contributed by atoms with van der Waals surface area (Å²) in [4.78, 5) is 39.0. The zero-order valence-electron chi connectivity index (χ0n) is 21.1.